The maximum atomic E-state index is 12.9. The number of fused-ring (bicyclic) bond motifs is 1. The van der Waals surface area contributed by atoms with Gasteiger partial charge in [0.2, 0.25) is 0 Å². The van der Waals surface area contributed by atoms with E-state index in [2.05, 4.69) is 0 Å². The van der Waals surface area contributed by atoms with E-state index in [1.807, 2.05) is 74.1 Å². The van der Waals surface area contributed by atoms with E-state index in [1.54, 1.807) is 0 Å². The van der Waals surface area contributed by atoms with Gasteiger partial charge in [-0.3, -0.25) is 9.59 Å². The van der Waals surface area contributed by atoms with Gasteiger partial charge in [0.1, 0.15) is 11.4 Å². The summed E-state index contributed by atoms with van der Waals surface area (Å²) < 4.78 is 6.40. The minimum atomic E-state index is -0.490. The molecular weight excluding hydrogens is 364 g/mol. The Bertz CT molecular complexity index is 955. The number of hydrogen-bond donors (Lipinski definition) is 0. The molecule has 2 aromatic rings. The molecule has 2 aliphatic rings. The summed E-state index contributed by atoms with van der Waals surface area (Å²) in [5.74, 6) is 0.903. The summed E-state index contributed by atoms with van der Waals surface area (Å²) in [6.07, 6.45) is 1.74. The fourth-order valence-corrected chi connectivity index (χ4v) is 4.50. The number of ketones is 1. The van der Waals surface area contributed by atoms with Gasteiger partial charge in [0.25, 0.3) is 5.91 Å². The van der Waals surface area contributed by atoms with Crippen molar-refractivity contribution in [1.82, 2.24) is 4.90 Å². The van der Waals surface area contributed by atoms with Gasteiger partial charge in [-0.15, -0.1) is 0 Å². The molecule has 0 unspecified atom stereocenters. The highest BCUT2D eigenvalue weighted by Gasteiger charge is 2.44. The van der Waals surface area contributed by atoms with Crippen LogP contribution in [-0.4, -0.2) is 49.4 Å². The van der Waals surface area contributed by atoms with E-state index in [9.17, 15) is 9.59 Å². The lowest BCUT2D eigenvalue weighted by molar-refractivity contribution is -0.00580. The molecule has 152 valence electrons. The number of rotatable bonds is 2. The van der Waals surface area contributed by atoms with Crippen LogP contribution in [0.15, 0.2) is 36.4 Å². The Morgan fingerprint density at radius 3 is 2.34 bits per heavy atom. The van der Waals surface area contributed by atoms with Crippen LogP contribution in [0.3, 0.4) is 0 Å². The average Bonchev–Trinajstić information content (AvgIpc) is 2.67. The lowest BCUT2D eigenvalue weighted by atomic mass is 9.81. The molecule has 0 saturated carbocycles. The normalized spacial score (nSPS) is 17.7. The minimum absolute atomic E-state index is 0.0411. The van der Waals surface area contributed by atoms with E-state index in [4.69, 9.17) is 4.74 Å². The van der Waals surface area contributed by atoms with E-state index >= 15 is 0 Å². The van der Waals surface area contributed by atoms with Gasteiger partial charge in [-0.25, -0.2) is 0 Å². The molecule has 1 saturated heterocycles. The smallest absolute Gasteiger partial charge is 0.253 e. The first kappa shape index (κ1) is 19.5. The van der Waals surface area contributed by atoms with Crippen LogP contribution in [0, 0.1) is 13.8 Å². The average molecular weight is 392 g/mol. The molecule has 1 fully saturated rings. The standard InChI is InChI=1S/C24H28N2O3/c1-16-13-17(2)22-20(27)15-24(29-21(22)14-16)9-11-26(12-10-24)23(28)18-5-7-19(8-6-18)25(3)4/h5-8,13-14H,9-12,15H2,1-4H3. The van der Waals surface area contributed by atoms with Crippen LogP contribution in [0.1, 0.15) is 51.1 Å². The number of likely N-dealkylation sites (tertiary alicyclic amines) is 1. The zero-order valence-corrected chi connectivity index (χ0v) is 17.6. The molecule has 0 radical (unpaired) electrons. The molecule has 2 aromatic carbocycles. The summed E-state index contributed by atoms with van der Waals surface area (Å²) in [5, 5.41) is 0. The Labute approximate surface area is 172 Å². The molecule has 0 bridgehead atoms. The monoisotopic (exact) mass is 392 g/mol. The maximum Gasteiger partial charge on any atom is 0.253 e. The van der Waals surface area contributed by atoms with Crippen LogP contribution < -0.4 is 9.64 Å². The Balaban J connectivity index is 1.47. The summed E-state index contributed by atoms with van der Waals surface area (Å²) in [5.41, 5.74) is 4.08. The third-order valence-electron chi connectivity index (χ3n) is 6.12. The first-order valence-corrected chi connectivity index (χ1v) is 10.2. The molecule has 2 heterocycles. The number of carbonyl (C=O) groups is 2. The lowest BCUT2D eigenvalue weighted by Crippen LogP contribution is -2.52. The summed E-state index contributed by atoms with van der Waals surface area (Å²) in [7, 11) is 3.96. The number of aryl methyl sites for hydroxylation is 2. The minimum Gasteiger partial charge on any atom is -0.486 e. The van der Waals surface area contributed by atoms with Crippen LogP contribution in [0.25, 0.3) is 0 Å². The van der Waals surface area contributed by atoms with Gasteiger partial charge in [0.05, 0.1) is 12.0 Å². The highest BCUT2D eigenvalue weighted by Crippen LogP contribution is 2.41. The Morgan fingerprint density at radius 1 is 1.07 bits per heavy atom. The number of nitrogens with zero attached hydrogens (tertiary/aromatic N) is 2. The second-order valence-electron chi connectivity index (χ2n) is 8.57. The summed E-state index contributed by atoms with van der Waals surface area (Å²) in [4.78, 5) is 29.6. The van der Waals surface area contributed by atoms with Crippen LogP contribution in [-0.2, 0) is 0 Å². The van der Waals surface area contributed by atoms with Crippen LogP contribution in [0.2, 0.25) is 0 Å². The van der Waals surface area contributed by atoms with Gasteiger partial charge >= 0.3 is 0 Å². The summed E-state index contributed by atoms with van der Waals surface area (Å²) in [6.45, 7) is 5.18. The topological polar surface area (TPSA) is 49.9 Å². The number of amides is 1. The number of carbonyl (C=O) groups excluding carboxylic acids is 2. The Kier molecular flexibility index (Phi) is 4.85. The lowest BCUT2D eigenvalue weighted by Gasteiger charge is -2.44. The number of benzene rings is 2. The first-order chi connectivity index (χ1) is 13.8. The molecule has 0 aliphatic carbocycles. The van der Waals surface area contributed by atoms with Crippen LogP contribution in [0.4, 0.5) is 5.69 Å². The Hall–Kier alpha value is -2.82. The fraction of sp³-hybridized carbons (Fsp3) is 0.417. The van der Waals surface area contributed by atoms with Crippen molar-refractivity contribution < 1.29 is 14.3 Å². The van der Waals surface area contributed by atoms with Gasteiger partial charge in [0, 0.05) is 51.3 Å². The van der Waals surface area contributed by atoms with E-state index in [-0.39, 0.29) is 11.7 Å². The van der Waals surface area contributed by atoms with Gasteiger partial charge < -0.3 is 14.5 Å². The number of hydrogen-bond acceptors (Lipinski definition) is 4. The number of Topliss-reactive ketones (excluding diaryl/α,β-unsaturated/α-hetero) is 1. The maximum absolute atomic E-state index is 12.9. The highest BCUT2D eigenvalue weighted by molar-refractivity contribution is 6.02. The largest absolute Gasteiger partial charge is 0.486 e. The van der Waals surface area contributed by atoms with Crippen molar-refractivity contribution >= 4 is 17.4 Å². The van der Waals surface area contributed by atoms with E-state index in [0.29, 0.717) is 43.7 Å². The van der Waals surface area contributed by atoms with Crippen molar-refractivity contribution in [1.29, 1.82) is 0 Å². The molecule has 0 aromatic heterocycles. The van der Waals surface area contributed by atoms with Crippen molar-refractivity contribution in [3.05, 3.63) is 58.7 Å². The first-order valence-electron chi connectivity index (χ1n) is 10.2. The molecule has 5 nitrogen and oxygen atoms in total. The molecule has 1 spiro atoms. The highest BCUT2D eigenvalue weighted by atomic mass is 16.5. The van der Waals surface area contributed by atoms with E-state index in [0.717, 1.165) is 22.4 Å². The second-order valence-corrected chi connectivity index (χ2v) is 8.57. The van der Waals surface area contributed by atoms with Gasteiger partial charge in [-0.1, -0.05) is 6.07 Å². The quantitative estimate of drug-likeness (QED) is 0.775. The third kappa shape index (κ3) is 3.61. The van der Waals surface area contributed by atoms with E-state index in [1.165, 1.54) is 0 Å². The van der Waals surface area contributed by atoms with Crippen LogP contribution in [0.5, 0.6) is 5.75 Å². The molecule has 5 heteroatoms. The van der Waals surface area contributed by atoms with Crippen molar-refractivity contribution in [3.63, 3.8) is 0 Å². The fourth-order valence-electron chi connectivity index (χ4n) is 4.50. The summed E-state index contributed by atoms with van der Waals surface area (Å²) >= 11 is 0. The number of piperidine rings is 1. The van der Waals surface area contributed by atoms with Gasteiger partial charge in [0.15, 0.2) is 5.78 Å². The number of anilines is 1. The zero-order chi connectivity index (χ0) is 20.8. The molecule has 0 N–H and O–H groups in total. The van der Waals surface area contributed by atoms with Crippen molar-refractivity contribution in [2.24, 2.45) is 0 Å². The second kappa shape index (κ2) is 7.21. The molecular formula is C24H28N2O3. The predicted octanol–water partition coefficient (Wildman–Crippen LogP) is 4.01. The molecule has 29 heavy (non-hydrogen) atoms. The van der Waals surface area contributed by atoms with E-state index < -0.39 is 5.60 Å². The Morgan fingerprint density at radius 2 is 1.72 bits per heavy atom. The SMILES string of the molecule is Cc1cc(C)c2c(c1)OC1(CCN(C(=O)c3ccc(N(C)C)cc3)CC1)CC2=O. The van der Waals surface area contributed by atoms with Gasteiger partial charge in [-0.05, 0) is 55.3 Å². The van der Waals surface area contributed by atoms with Crippen LogP contribution >= 0.6 is 0 Å². The number of ether oxygens (including phenoxy) is 1. The van der Waals surface area contributed by atoms with Gasteiger partial charge in [-0.2, -0.15) is 0 Å². The molecule has 1 amide bonds. The van der Waals surface area contributed by atoms with Crippen molar-refractivity contribution in [2.75, 3.05) is 32.1 Å². The predicted molar refractivity (Wildman–Crippen MR) is 114 cm³/mol. The molecule has 4 rings (SSSR count). The molecule has 2 aliphatic heterocycles. The van der Waals surface area contributed by atoms with Crippen molar-refractivity contribution in [2.45, 2.75) is 38.7 Å². The third-order valence-corrected chi connectivity index (χ3v) is 6.12. The summed E-state index contributed by atoms with van der Waals surface area (Å²) in [6, 6.07) is 11.7. The van der Waals surface area contributed by atoms with Crippen molar-refractivity contribution in [3.8, 4) is 5.75 Å². The molecule has 0 atom stereocenters. The zero-order valence-electron chi connectivity index (χ0n) is 17.6.